The lowest BCUT2D eigenvalue weighted by Crippen LogP contribution is -2.35. The predicted octanol–water partition coefficient (Wildman–Crippen LogP) is 3.43. The van der Waals surface area contributed by atoms with Crippen molar-refractivity contribution in [2.45, 2.75) is 33.7 Å². The molecule has 0 saturated carbocycles. The first-order valence-corrected chi connectivity index (χ1v) is 8.77. The van der Waals surface area contributed by atoms with E-state index in [0.717, 1.165) is 32.6 Å². The minimum absolute atomic E-state index is 0.311. The Kier molecular flexibility index (Phi) is 5.16. The van der Waals surface area contributed by atoms with E-state index in [0.29, 0.717) is 5.69 Å². The number of amides is 1. The van der Waals surface area contributed by atoms with Crippen LogP contribution in [0.1, 0.15) is 29.7 Å². The molecule has 1 aromatic heterocycles. The zero-order chi connectivity index (χ0) is 19.6. The maximum Gasteiger partial charge on any atom is 0.365 e. The molecule has 0 fully saturated rings. The molecule has 0 aliphatic carbocycles. The van der Waals surface area contributed by atoms with Gasteiger partial charge in [0.1, 0.15) is 6.04 Å². The van der Waals surface area contributed by atoms with Gasteiger partial charge in [-0.1, -0.05) is 48.0 Å². The van der Waals surface area contributed by atoms with Crippen LogP contribution in [0.5, 0.6) is 0 Å². The highest BCUT2D eigenvalue weighted by Crippen LogP contribution is 2.23. The van der Waals surface area contributed by atoms with Crippen molar-refractivity contribution >= 4 is 11.6 Å². The lowest BCUT2D eigenvalue weighted by molar-refractivity contribution is -0.119. The van der Waals surface area contributed by atoms with Crippen molar-refractivity contribution in [3.05, 3.63) is 75.8 Å². The maximum atomic E-state index is 12.7. The molecule has 0 aliphatic rings. The van der Waals surface area contributed by atoms with E-state index < -0.39 is 11.7 Å². The summed E-state index contributed by atoms with van der Waals surface area (Å²) < 4.78 is 1.10. The van der Waals surface area contributed by atoms with Crippen molar-refractivity contribution < 1.29 is 4.79 Å². The summed E-state index contributed by atoms with van der Waals surface area (Å²) in [5.41, 5.74) is 4.58. The van der Waals surface area contributed by atoms with Gasteiger partial charge in [-0.25, -0.2) is 9.48 Å². The second-order valence-electron chi connectivity index (χ2n) is 6.67. The number of nitrogens with zero attached hydrogens (tertiary/aromatic N) is 3. The van der Waals surface area contributed by atoms with Gasteiger partial charge in [0.25, 0.3) is 0 Å². The molecule has 1 atom stereocenters. The SMILES string of the molecule is Cc1cc(C)c(NC(=O)[C@@H](C)n2ncc(-c3ccccc3)nc2=O)c(C)c1. The fraction of sp³-hybridized carbons (Fsp3) is 0.238. The Hall–Kier alpha value is -3.28. The first-order chi connectivity index (χ1) is 12.9. The third-order valence-corrected chi connectivity index (χ3v) is 4.46. The Labute approximate surface area is 157 Å². The van der Waals surface area contributed by atoms with E-state index in [1.54, 1.807) is 6.92 Å². The Morgan fingerprint density at radius 3 is 2.30 bits per heavy atom. The van der Waals surface area contributed by atoms with Gasteiger partial charge in [-0.2, -0.15) is 10.1 Å². The summed E-state index contributed by atoms with van der Waals surface area (Å²) in [6.45, 7) is 7.53. The van der Waals surface area contributed by atoms with E-state index in [9.17, 15) is 9.59 Å². The van der Waals surface area contributed by atoms with Gasteiger partial charge >= 0.3 is 5.69 Å². The average molecular weight is 362 g/mol. The Morgan fingerprint density at radius 2 is 1.70 bits per heavy atom. The number of nitrogens with one attached hydrogen (secondary N) is 1. The third-order valence-electron chi connectivity index (χ3n) is 4.46. The molecule has 0 unspecified atom stereocenters. The number of rotatable bonds is 4. The molecule has 1 amide bonds. The third kappa shape index (κ3) is 3.95. The molecule has 3 rings (SSSR count). The van der Waals surface area contributed by atoms with Crippen LogP contribution in [0.4, 0.5) is 5.69 Å². The van der Waals surface area contributed by atoms with Gasteiger partial charge in [0, 0.05) is 11.3 Å². The van der Waals surface area contributed by atoms with Crippen molar-refractivity contribution in [1.29, 1.82) is 0 Å². The number of anilines is 1. The lowest BCUT2D eigenvalue weighted by Gasteiger charge is -2.17. The Balaban J connectivity index is 1.85. The van der Waals surface area contributed by atoms with Crippen LogP contribution in [0.25, 0.3) is 11.3 Å². The zero-order valence-corrected chi connectivity index (χ0v) is 15.9. The predicted molar refractivity (Wildman–Crippen MR) is 106 cm³/mol. The topological polar surface area (TPSA) is 76.9 Å². The fourth-order valence-corrected chi connectivity index (χ4v) is 3.08. The van der Waals surface area contributed by atoms with Crippen LogP contribution >= 0.6 is 0 Å². The standard InChI is InChI=1S/C21H22N4O2/c1-13-10-14(2)19(15(3)11-13)24-20(26)16(4)25-21(27)23-18(12-22-25)17-8-6-5-7-9-17/h5-12,16H,1-4H3,(H,24,26)/t16-/m1/s1. The van der Waals surface area contributed by atoms with Crippen LogP contribution in [-0.4, -0.2) is 20.7 Å². The molecule has 3 aromatic rings. The maximum absolute atomic E-state index is 12.7. The van der Waals surface area contributed by atoms with Gasteiger partial charge in [-0.15, -0.1) is 0 Å². The number of hydrogen-bond acceptors (Lipinski definition) is 4. The van der Waals surface area contributed by atoms with E-state index in [1.807, 2.05) is 63.2 Å². The molecule has 27 heavy (non-hydrogen) atoms. The summed E-state index contributed by atoms with van der Waals surface area (Å²) in [6.07, 6.45) is 1.50. The van der Waals surface area contributed by atoms with Crippen molar-refractivity contribution in [3.8, 4) is 11.3 Å². The lowest BCUT2D eigenvalue weighted by atomic mass is 10.0. The van der Waals surface area contributed by atoms with Crippen LogP contribution in [0.2, 0.25) is 0 Å². The minimum Gasteiger partial charge on any atom is -0.324 e. The van der Waals surface area contributed by atoms with E-state index in [4.69, 9.17) is 0 Å². The highest BCUT2D eigenvalue weighted by atomic mass is 16.2. The molecule has 2 aromatic carbocycles. The highest BCUT2D eigenvalue weighted by Gasteiger charge is 2.20. The van der Waals surface area contributed by atoms with E-state index in [1.165, 1.54) is 6.20 Å². The molecule has 0 aliphatic heterocycles. The Morgan fingerprint density at radius 1 is 1.07 bits per heavy atom. The molecule has 0 saturated heterocycles. The van der Waals surface area contributed by atoms with Crippen molar-refractivity contribution in [3.63, 3.8) is 0 Å². The molecule has 6 heteroatoms. The second-order valence-corrected chi connectivity index (χ2v) is 6.67. The molecule has 6 nitrogen and oxygen atoms in total. The minimum atomic E-state index is -0.782. The zero-order valence-electron chi connectivity index (χ0n) is 15.9. The number of aryl methyl sites for hydroxylation is 3. The summed E-state index contributed by atoms with van der Waals surface area (Å²) in [7, 11) is 0. The van der Waals surface area contributed by atoms with Gasteiger partial charge in [-0.05, 0) is 38.8 Å². The second kappa shape index (κ2) is 7.53. The van der Waals surface area contributed by atoms with E-state index in [2.05, 4.69) is 15.4 Å². The fourth-order valence-electron chi connectivity index (χ4n) is 3.08. The average Bonchev–Trinajstić information content (AvgIpc) is 2.64. The number of benzene rings is 2. The van der Waals surface area contributed by atoms with Crippen molar-refractivity contribution in [2.75, 3.05) is 5.32 Å². The number of aromatic nitrogens is 3. The van der Waals surface area contributed by atoms with Gasteiger partial charge < -0.3 is 5.32 Å². The first-order valence-electron chi connectivity index (χ1n) is 8.77. The van der Waals surface area contributed by atoms with Crippen LogP contribution in [0.3, 0.4) is 0 Å². The molecular formula is C21H22N4O2. The number of carbonyl (C=O) groups is 1. The number of hydrogen-bond donors (Lipinski definition) is 1. The quantitative estimate of drug-likeness (QED) is 0.771. The number of carbonyl (C=O) groups excluding carboxylic acids is 1. The summed E-state index contributed by atoms with van der Waals surface area (Å²) in [5.74, 6) is -0.311. The highest BCUT2D eigenvalue weighted by molar-refractivity contribution is 5.94. The summed E-state index contributed by atoms with van der Waals surface area (Å²) >= 11 is 0. The first kappa shape index (κ1) is 18.5. The van der Waals surface area contributed by atoms with Gasteiger partial charge in [0.05, 0.1) is 11.9 Å². The largest absolute Gasteiger partial charge is 0.365 e. The Bertz CT molecular complexity index is 1020. The van der Waals surface area contributed by atoms with Crippen LogP contribution < -0.4 is 11.0 Å². The monoisotopic (exact) mass is 362 g/mol. The van der Waals surface area contributed by atoms with Crippen molar-refractivity contribution in [2.24, 2.45) is 0 Å². The van der Waals surface area contributed by atoms with Crippen LogP contribution in [-0.2, 0) is 4.79 Å². The molecule has 0 radical (unpaired) electrons. The molecule has 1 heterocycles. The molecule has 1 N–H and O–H groups in total. The van der Waals surface area contributed by atoms with E-state index in [-0.39, 0.29) is 5.91 Å². The van der Waals surface area contributed by atoms with Crippen molar-refractivity contribution in [1.82, 2.24) is 14.8 Å². The van der Waals surface area contributed by atoms with Gasteiger partial charge in [0.2, 0.25) is 5.91 Å². The summed E-state index contributed by atoms with van der Waals surface area (Å²) in [5, 5.41) is 7.07. The summed E-state index contributed by atoms with van der Waals surface area (Å²) in [6, 6.07) is 12.6. The van der Waals surface area contributed by atoms with Crippen LogP contribution in [0, 0.1) is 20.8 Å². The molecule has 0 bridgehead atoms. The van der Waals surface area contributed by atoms with Gasteiger partial charge in [0.15, 0.2) is 0 Å². The van der Waals surface area contributed by atoms with E-state index >= 15 is 0 Å². The molecular weight excluding hydrogens is 340 g/mol. The van der Waals surface area contributed by atoms with Gasteiger partial charge in [-0.3, -0.25) is 4.79 Å². The molecule has 0 spiro atoms. The van der Waals surface area contributed by atoms with Crippen LogP contribution in [0.15, 0.2) is 53.5 Å². The normalized spacial score (nSPS) is 11.9. The smallest absolute Gasteiger partial charge is 0.324 e. The molecule has 138 valence electrons. The summed E-state index contributed by atoms with van der Waals surface area (Å²) in [4.78, 5) is 29.1.